The molecule has 0 spiro atoms. The number of nitrogens with one attached hydrogen (secondary N) is 1. The smallest absolute Gasteiger partial charge is 0.435 e. The lowest BCUT2D eigenvalue weighted by Gasteiger charge is -2.31. The molecule has 2 rings (SSSR count). The first-order valence-corrected chi connectivity index (χ1v) is 11.2. The second-order valence-corrected chi connectivity index (χ2v) is 8.41. The van der Waals surface area contributed by atoms with E-state index in [2.05, 4.69) is 10.4 Å². The van der Waals surface area contributed by atoms with Crippen LogP contribution in [0.25, 0.3) is 0 Å². The quantitative estimate of drug-likeness (QED) is 0.175. The maximum absolute atomic E-state index is 14.6. The number of nitrogens with zero attached hydrogens (tertiary/aromatic N) is 2. The van der Waals surface area contributed by atoms with Gasteiger partial charge >= 0.3 is 24.0 Å². The number of carbonyl (C=O) groups excluding carboxylic acids is 1. The van der Waals surface area contributed by atoms with E-state index in [1.54, 1.807) is 20.0 Å². The molecule has 0 amide bonds. The van der Waals surface area contributed by atoms with Crippen LogP contribution in [0.5, 0.6) is 0 Å². The molecule has 0 saturated carbocycles. The SMILES string of the molecule is CCOC(=O)c1cc(N(CC(=NC)c2c(C)cc(C(F)(C(F)(F)F)C(F)(F)F)cc2C)NC)ccc1Cl. The van der Waals surface area contributed by atoms with Crippen molar-refractivity contribution in [2.24, 2.45) is 4.99 Å². The molecule has 0 aromatic heterocycles. The summed E-state index contributed by atoms with van der Waals surface area (Å²) in [5.74, 6) is -0.652. The van der Waals surface area contributed by atoms with Gasteiger partial charge < -0.3 is 9.75 Å². The molecule has 0 aliphatic rings. The van der Waals surface area contributed by atoms with Crippen LogP contribution < -0.4 is 10.4 Å². The summed E-state index contributed by atoms with van der Waals surface area (Å²) in [7, 11) is 2.95. The molecule has 0 saturated heterocycles. The Morgan fingerprint density at radius 1 is 1.03 bits per heavy atom. The van der Waals surface area contributed by atoms with Gasteiger partial charge in [-0.25, -0.2) is 14.6 Å². The summed E-state index contributed by atoms with van der Waals surface area (Å²) in [6.07, 6.45) is -12.4. The first-order chi connectivity index (χ1) is 17.0. The molecule has 0 radical (unpaired) electrons. The van der Waals surface area contributed by atoms with Crippen molar-refractivity contribution in [1.29, 1.82) is 0 Å². The second-order valence-electron chi connectivity index (χ2n) is 8.00. The van der Waals surface area contributed by atoms with Crippen LogP contribution in [0.1, 0.15) is 39.5 Å². The van der Waals surface area contributed by atoms with Crippen molar-refractivity contribution in [3.63, 3.8) is 0 Å². The fourth-order valence-corrected chi connectivity index (χ4v) is 4.06. The average molecular weight is 556 g/mol. The van der Waals surface area contributed by atoms with Crippen LogP contribution in [0.15, 0.2) is 35.3 Å². The highest BCUT2D eigenvalue weighted by Crippen LogP contribution is 2.53. The van der Waals surface area contributed by atoms with Crippen LogP contribution in [-0.4, -0.2) is 51.3 Å². The molecule has 13 heteroatoms. The topological polar surface area (TPSA) is 53.9 Å². The van der Waals surface area contributed by atoms with Gasteiger partial charge in [0.25, 0.3) is 0 Å². The standard InChI is InChI=1S/C24H25ClF7N3O2/c1-6-37-21(36)17-11-16(7-8-18(17)25)35(34-5)12-19(33-4)20-13(2)9-15(10-14(20)3)22(26,23(27,28)29)24(30,31)32/h7-11,34H,6,12H2,1-5H3. The molecule has 2 aromatic rings. The third-order valence-electron chi connectivity index (χ3n) is 5.60. The molecule has 2 aromatic carbocycles. The number of aliphatic imine (C=N–C) groups is 1. The fraction of sp³-hybridized carbons (Fsp3) is 0.417. The predicted octanol–water partition coefficient (Wildman–Crippen LogP) is 6.48. The lowest BCUT2D eigenvalue weighted by molar-refractivity contribution is -0.348. The van der Waals surface area contributed by atoms with Crippen LogP contribution in [-0.2, 0) is 10.4 Å². The molecular weight excluding hydrogens is 531 g/mol. The molecule has 1 N–H and O–H groups in total. The maximum atomic E-state index is 14.6. The molecule has 0 heterocycles. The van der Waals surface area contributed by atoms with Crippen molar-refractivity contribution in [2.75, 3.05) is 32.3 Å². The second kappa shape index (κ2) is 11.3. The van der Waals surface area contributed by atoms with Crippen LogP contribution in [0.2, 0.25) is 5.02 Å². The average Bonchev–Trinajstić information content (AvgIpc) is 2.79. The van der Waals surface area contributed by atoms with Crippen molar-refractivity contribution in [1.82, 2.24) is 5.43 Å². The van der Waals surface area contributed by atoms with Gasteiger partial charge in [0.1, 0.15) is 0 Å². The third-order valence-corrected chi connectivity index (χ3v) is 5.93. The van der Waals surface area contributed by atoms with E-state index < -0.39 is 29.6 Å². The van der Waals surface area contributed by atoms with Crippen molar-refractivity contribution >= 4 is 29.0 Å². The molecule has 0 unspecified atom stereocenters. The highest BCUT2D eigenvalue weighted by atomic mass is 35.5. The number of hydrazine groups is 1. The van der Waals surface area contributed by atoms with Gasteiger partial charge in [0.15, 0.2) is 0 Å². The lowest BCUT2D eigenvalue weighted by atomic mass is 9.87. The van der Waals surface area contributed by atoms with E-state index in [0.29, 0.717) is 17.8 Å². The number of benzene rings is 2. The van der Waals surface area contributed by atoms with E-state index in [9.17, 15) is 35.5 Å². The molecule has 0 aliphatic heterocycles. The van der Waals surface area contributed by atoms with Gasteiger partial charge in [-0.3, -0.25) is 4.99 Å². The number of hydrogen-bond donors (Lipinski definition) is 1. The molecule has 5 nitrogen and oxygen atoms in total. The Hall–Kier alpha value is -2.86. The number of rotatable bonds is 8. The molecule has 0 atom stereocenters. The molecule has 37 heavy (non-hydrogen) atoms. The molecule has 0 fully saturated rings. The van der Waals surface area contributed by atoms with Crippen molar-refractivity contribution in [3.05, 3.63) is 63.2 Å². The Kier molecular flexibility index (Phi) is 9.24. The lowest BCUT2D eigenvalue weighted by Crippen LogP contribution is -2.50. The largest absolute Gasteiger partial charge is 0.462 e. The fourth-order valence-electron chi connectivity index (χ4n) is 3.86. The number of alkyl halides is 7. The summed E-state index contributed by atoms with van der Waals surface area (Å²) >= 11 is 6.11. The van der Waals surface area contributed by atoms with Gasteiger partial charge in [-0.15, -0.1) is 0 Å². The van der Waals surface area contributed by atoms with Crippen LogP contribution in [0.4, 0.5) is 36.4 Å². The van der Waals surface area contributed by atoms with Crippen molar-refractivity contribution in [3.8, 4) is 0 Å². The summed E-state index contributed by atoms with van der Waals surface area (Å²) < 4.78 is 99.3. The number of esters is 1. The number of ether oxygens (including phenoxy) is 1. The van der Waals surface area contributed by atoms with Gasteiger partial charge in [-0.2, -0.15) is 26.3 Å². The van der Waals surface area contributed by atoms with E-state index in [1.165, 1.54) is 38.0 Å². The summed E-state index contributed by atoms with van der Waals surface area (Å²) in [4.78, 5) is 16.4. The van der Waals surface area contributed by atoms with Crippen LogP contribution >= 0.6 is 11.6 Å². The van der Waals surface area contributed by atoms with Gasteiger partial charge in [-0.1, -0.05) is 23.7 Å². The normalized spacial score (nSPS) is 13.1. The molecule has 0 aliphatic carbocycles. The summed E-state index contributed by atoms with van der Waals surface area (Å²) in [6.45, 7) is 4.27. The zero-order valence-electron chi connectivity index (χ0n) is 20.5. The molecular formula is C24H25ClF7N3O2. The number of halogens is 8. The number of hydrogen-bond acceptors (Lipinski definition) is 5. The number of aryl methyl sites for hydroxylation is 2. The first-order valence-electron chi connectivity index (χ1n) is 10.8. The third kappa shape index (κ3) is 6.01. The van der Waals surface area contributed by atoms with E-state index in [1.807, 2.05) is 0 Å². The Morgan fingerprint density at radius 3 is 2.00 bits per heavy atom. The summed E-state index contributed by atoms with van der Waals surface area (Å²) in [5, 5.41) is 1.67. The monoisotopic (exact) mass is 555 g/mol. The minimum Gasteiger partial charge on any atom is -0.462 e. The zero-order valence-corrected chi connectivity index (χ0v) is 21.3. The highest BCUT2D eigenvalue weighted by molar-refractivity contribution is 6.33. The Labute approximate surface area is 214 Å². The Bertz CT molecular complexity index is 1140. The number of anilines is 1. The van der Waals surface area contributed by atoms with E-state index in [0.717, 1.165) is 0 Å². The first kappa shape index (κ1) is 30.4. The molecule has 0 bridgehead atoms. The Balaban J connectivity index is 2.53. The van der Waals surface area contributed by atoms with Crippen LogP contribution in [0.3, 0.4) is 0 Å². The summed E-state index contributed by atoms with van der Waals surface area (Å²) in [5.41, 5.74) is -3.24. The van der Waals surface area contributed by atoms with Gasteiger partial charge in [0.05, 0.1) is 35.1 Å². The predicted molar refractivity (Wildman–Crippen MR) is 127 cm³/mol. The van der Waals surface area contributed by atoms with Crippen molar-refractivity contribution in [2.45, 2.75) is 38.8 Å². The minimum atomic E-state index is -6.22. The van der Waals surface area contributed by atoms with Crippen LogP contribution in [0, 0.1) is 13.8 Å². The maximum Gasteiger partial charge on any atom is 0.435 e. The van der Waals surface area contributed by atoms with Gasteiger partial charge in [0, 0.05) is 25.2 Å². The van der Waals surface area contributed by atoms with Gasteiger partial charge in [0.2, 0.25) is 0 Å². The highest BCUT2D eigenvalue weighted by Gasteiger charge is 2.73. The van der Waals surface area contributed by atoms with E-state index in [-0.39, 0.29) is 46.1 Å². The summed E-state index contributed by atoms with van der Waals surface area (Å²) in [6, 6.07) is 5.56. The van der Waals surface area contributed by atoms with E-state index >= 15 is 0 Å². The molecule has 204 valence electrons. The van der Waals surface area contributed by atoms with Gasteiger partial charge in [-0.05, 0) is 50.1 Å². The Morgan fingerprint density at radius 2 is 1.57 bits per heavy atom. The zero-order chi connectivity index (χ0) is 28.3. The minimum absolute atomic E-state index is 0.0305. The van der Waals surface area contributed by atoms with Crippen molar-refractivity contribution < 1.29 is 40.3 Å². The number of carbonyl (C=O) groups is 1. The van der Waals surface area contributed by atoms with E-state index in [4.69, 9.17) is 16.3 Å².